The van der Waals surface area contributed by atoms with Gasteiger partial charge in [-0.05, 0) is 31.2 Å². The summed E-state index contributed by atoms with van der Waals surface area (Å²) >= 11 is 0. The van der Waals surface area contributed by atoms with E-state index in [9.17, 15) is 4.79 Å². The Labute approximate surface area is 139 Å². The van der Waals surface area contributed by atoms with Crippen LogP contribution in [-0.2, 0) is 10.2 Å². The Morgan fingerprint density at radius 2 is 1.78 bits per heavy atom. The van der Waals surface area contributed by atoms with Crippen molar-refractivity contribution in [3.8, 4) is 0 Å². The Hall–Kier alpha value is -1.55. The SMILES string of the molecule is O=C(NCC1(c2ccccc2)CCOCC1)NC1CCCCC1. The minimum atomic E-state index is -0.0151. The van der Waals surface area contributed by atoms with Crippen molar-refractivity contribution in [1.82, 2.24) is 10.6 Å². The molecule has 0 radical (unpaired) electrons. The molecule has 0 spiro atoms. The third-order valence-corrected chi connectivity index (χ3v) is 5.36. The molecule has 1 aromatic rings. The topological polar surface area (TPSA) is 50.4 Å². The van der Waals surface area contributed by atoms with Crippen LogP contribution < -0.4 is 10.6 Å². The predicted octanol–water partition coefficient (Wildman–Crippen LogP) is 3.37. The van der Waals surface area contributed by atoms with Crippen molar-refractivity contribution in [3.63, 3.8) is 0 Å². The van der Waals surface area contributed by atoms with Gasteiger partial charge in [0.2, 0.25) is 0 Å². The maximum atomic E-state index is 12.3. The Balaban J connectivity index is 1.59. The van der Waals surface area contributed by atoms with Gasteiger partial charge in [0.25, 0.3) is 0 Å². The minimum Gasteiger partial charge on any atom is -0.381 e. The monoisotopic (exact) mass is 316 g/mol. The van der Waals surface area contributed by atoms with Gasteiger partial charge in [0.15, 0.2) is 0 Å². The maximum Gasteiger partial charge on any atom is 0.315 e. The largest absolute Gasteiger partial charge is 0.381 e. The lowest BCUT2D eigenvalue weighted by Gasteiger charge is -2.38. The molecule has 0 unspecified atom stereocenters. The van der Waals surface area contributed by atoms with E-state index in [-0.39, 0.29) is 11.4 Å². The van der Waals surface area contributed by atoms with E-state index in [1.807, 2.05) is 6.07 Å². The average molecular weight is 316 g/mol. The number of benzene rings is 1. The maximum absolute atomic E-state index is 12.3. The number of hydrogen-bond donors (Lipinski definition) is 2. The van der Waals surface area contributed by atoms with Crippen molar-refractivity contribution in [3.05, 3.63) is 35.9 Å². The highest BCUT2D eigenvalue weighted by Crippen LogP contribution is 2.34. The summed E-state index contributed by atoms with van der Waals surface area (Å²) in [6.45, 7) is 2.21. The average Bonchev–Trinajstić information content (AvgIpc) is 2.62. The van der Waals surface area contributed by atoms with E-state index >= 15 is 0 Å². The second-order valence-corrected chi connectivity index (χ2v) is 6.92. The van der Waals surface area contributed by atoms with Crippen molar-refractivity contribution in [2.75, 3.05) is 19.8 Å². The number of carbonyl (C=O) groups is 1. The summed E-state index contributed by atoms with van der Waals surface area (Å²) in [5, 5.41) is 6.28. The molecule has 4 heteroatoms. The summed E-state index contributed by atoms with van der Waals surface area (Å²) in [6, 6.07) is 10.9. The molecule has 0 bridgehead atoms. The van der Waals surface area contributed by atoms with Crippen LogP contribution in [0.25, 0.3) is 0 Å². The quantitative estimate of drug-likeness (QED) is 0.895. The highest BCUT2D eigenvalue weighted by atomic mass is 16.5. The molecule has 1 heterocycles. The number of urea groups is 1. The molecule has 1 aliphatic carbocycles. The van der Waals surface area contributed by atoms with Crippen molar-refractivity contribution in [1.29, 1.82) is 0 Å². The third kappa shape index (κ3) is 4.25. The second-order valence-electron chi connectivity index (χ2n) is 6.92. The molecule has 3 rings (SSSR count). The van der Waals surface area contributed by atoms with Gasteiger partial charge in [-0.2, -0.15) is 0 Å². The molecular formula is C19H28N2O2. The molecule has 1 aliphatic heterocycles. The van der Waals surface area contributed by atoms with Crippen LogP contribution in [0.3, 0.4) is 0 Å². The van der Waals surface area contributed by atoms with Gasteiger partial charge in [-0.15, -0.1) is 0 Å². The zero-order chi connectivity index (χ0) is 16.0. The van der Waals surface area contributed by atoms with Gasteiger partial charge in [-0.25, -0.2) is 4.79 Å². The van der Waals surface area contributed by atoms with Gasteiger partial charge in [0.1, 0.15) is 0 Å². The normalized spacial score (nSPS) is 21.6. The van der Waals surface area contributed by atoms with Crippen LogP contribution in [0.1, 0.15) is 50.5 Å². The van der Waals surface area contributed by atoms with Gasteiger partial charge >= 0.3 is 6.03 Å². The molecule has 23 heavy (non-hydrogen) atoms. The van der Waals surface area contributed by atoms with Crippen molar-refractivity contribution in [2.45, 2.75) is 56.4 Å². The fourth-order valence-corrected chi connectivity index (χ4v) is 3.85. The molecule has 0 aromatic heterocycles. The van der Waals surface area contributed by atoms with E-state index < -0.39 is 0 Å². The first-order chi connectivity index (χ1) is 11.3. The van der Waals surface area contributed by atoms with E-state index in [4.69, 9.17) is 4.74 Å². The molecule has 126 valence electrons. The van der Waals surface area contributed by atoms with E-state index in [1.165, 1.54) is 24.8 Å². The van der Waals surface area contributed by atoms with Gasteiger partial charge in [0, 0.05) is 31.2 Å². The Bertz CT molecular complexity index is 491. The molecule has 4 nitrogen and oxygen atoms in total. The fourth-order valence-electron chi connectivity index (χ4n) is 3.85. The molecule has 1 saturated heterocycles. The highest BCUT2D eigenvalue weighted by molar-refractivity contribution is 5.74. The summed E-state index contributed by atoms with van der Waals surface area (Å²) in [7, 11) is 0. The van der Waals surface area contributed by atoms with Gasteiger partial charge in [-0.3, -0.25) is 0 Å². The number of hydrogen-bond acceptors (Lipinski definition) is 2. The second kappa shape index (κ2) is 7.82. The number of rotatable bonds is 4. The van der Waals surface area contributed by atoms with Crippen LogP contribution in [0.2, 0.25) is 0 Å². The van der Waals surface area contributed by atoms with E-state index in [1.54, 1.807) is 0 Å². The standard InChI is InChI=1S/C19H28N2O2/c22-18(21-17-9-5-2-6-10-17)20-15-19(11-13-23-14-12-19)16-7-3-1-4-8-16/h1,3-4,7-8,17H,2,5-6,9-15H2,(H2,20,21,22). The number of carbonyl (C=O) groups excluding carboxylic acids is 1. The first kappa shape index (κ1) is 16.3. The fraction of sp³-hybridized carbons (Fsp3) is 0.632. The van der Waals surface area contributed by atoms with Crippen molar-refractivity contribution < 1.29 is 9.53 Å². The lowest BCUT2D eigenvalue weighted by molar-refractivity contribution is 0.0506. The molecule has 1 aromatic carbocycles. The first-order valence-corrected chi connectivity index (χ1v) is 8.96. The summed E-state index contributed by atoms with van der Waals surface area (Å²) in [5.41, 5.74) is 1.31. The van der Waals surface area contributed by atoms with Gasteiger partial charge in [0.05, 0.1) is 0 Å². The first-order valence-electron chi connectivity index (χ1n) is 8.96. The summed E-state index contributed by atoms with van der Waals surface area (Å²) in [6.07, 6.45) is 7.92. The predicted molar refractivity (Wildman–Crippen MR) is 91.6 cm³/mol. The van der Waals surface area contributed by atoms with Crippen LogP contribution >= 0.6 is 0 Å². The van der Waals surface area contributed by atoms with E-state index in [0.29, 0.717) is 12.6 Å². The molecular weight excluding hydrogens is 288 g/mol. The highest BCUT2D eigenvalue weighted by Gasteiger charge is 2.34. The minimum absolute atomic E-state index is 0.00339. The van der Waals surface area contributed by atoms with Crippen LogP contribution in [0.5, 0.6) is 0 Å². The number of amides is 2. The van der Waals surface area contributed by atoms with Crippen molar-refractivity contribution >= 4 is 6.03 Å². The summed E-state index contributed by atoms with van der Waals surface area (Å²) < 4.78 is 5.55. The molecule has 2 aliphatic rings. The smallest absolute Gasteiger partial charge is 0.315 e. The third-order valence-electron chi connectivity index (χ3n) is 5.36. The Kier molecular flexibility index (Phi) is 5.55. The lowest BCUT2D eigenvalue weighted by Crippen LogP contribution is -2.49. The van der Waals surface area contributed by atoms with Gasteiger partial charge in [-0.1, -0.05) is 49.6 Å². The zero-order valence-electron chi connectivity index (χ0n) is 13.9. The summed E-state index contributed by atoms with van der Waals surface area (Å²) in [4.78, 5) is 12.3. The summed E-state index contributed by atoms with van der Waals surface area (Å²) in [5.74, 6) is 0. The van der Waals surface area contributed by atoms with Crippen LogP contribution in [-0.4, -0.2) is 31.8 Å². The molecule has 2 N–H and O–H groups in total. The molecule has 2 amide bonds. The van der Waals surface area contributed by atoms with Crippen LogP contribution in [0.15, 0.2) is 30.3 Å². The molecule has 1 saturated carbocycles. The van der Waals surface area contributed by atoms with Gasteiger partial charge < -0.3 is 15.4 Å². The van der Waals surface area contributed by atoms with Crippen LogP contribution in [0, 0.1) is 0 Å². The molecule has 2 fully saturated rings. The zero-order valence-corrected chi connectivity index (χ0v) is 13.9. The van der Waals surface area contributed by atoms with Crippen molar-refractivity contribution in [2.24, 2.45) is 0 Å². The number of nitrogens with one attached hydrogen (secondary N) is 2. The molecule has 0 atom stereocenters. The Morgan fingerprint density at radius 3 is 2.48 bits per heavy atom. The van der Waals surface area contributed by atoms with Crippen LogP contribution in [0.4, 0.5) is 4.79 Å². The number of ether oxygens (including phenoxy) is 1. The Morgan fingerprint density at radius 1 is 1.09 bits per heavy atom. The van der Waals surface area contributed by atoms with E-state index in [0.717, 1.165) is 38.9 Å². The lowest BCUT2D eigenvalue weighted by atomic mass is 9.74. The van der Waals surface area contributed by atoms with E-state index in [2.05, 4.69) is 34.9 Å².